The van der Waals surface area contributed by atoms with Crippen LogP contribution in [0.5, 0.6) is 0 Å². The van der Waals surface area contributed by atoms with E-state index in [0.29, 0.717) is 5.92 Å². The van der Waals surface area contributed by atoms with Crippen molar-refractivity contribution in [1.82, 2.24) is 19.9 Å². The van der Waals surface area contributed by atoms with E-state index in [1.165, 1.54) is 24.7 Å². The molecule has 0 amide bonds. The number of rotatable bonds is 10. The molecule has 8 rings (SSSR count). The van der Waals surface area contributed by atoms with E-state index in [4.69, 9.17) is 0 Å². The first-order chi connectivity index (χ1) is 32.1. The van der Waals surface area contributed by atoms with Gasteiger partial charge < -0.3 is 9.97 Å². The largest absolute Gasteiger partial charge is 0 e. The maximum absolute atomic E-state index is 4.69. The van der Waals surface area contributed by atoms with Crippen LogP contribution in [0, 0.1) is 30.2 Å². The third kappa shape index (κ3) is 19.4. The van der Waals surface area contributed by atoms with E-state index in [0.717, 1.165) is 51.5 Å². The maximum atomic E-state index is 4.69. The predicted molar refractivity (Wildman–Crippen MR) is 304 cm³/mol. The van der Waals surface area contributed by atoms with Crippen LogP contribution in [-0.4, -0.2) is 62.6 Å². The second-order valence-corrected chi connectivity index (χ2v) is 53.1. The Morgan fingerprint density at radius 2 is 0.786 bits per heavy atom. The first-order valence-electron chi connectivity index (χ1n) is 23.9. The van der Waals surface area contributed by atoms with Crippen LogP contribution in [0.3, 0.4) is 0 Å². The second-order valence-electron chi connectivity index (χ2n) is 21.7. The number of aromatic nitrogens is 4. The van der Waals surface area contributed by atoms with Crippen molar-refractivity contribution < 1.29 is 40.2 Å². The number of benzene rings is 4. The minimum Gasteiger partial charge on any atom is 0 e. The number of hydrogen-bond acceptors (Lipinski definition) is 4. The van der Waals surface area contributed by atoms with Gasteiger partial charge in [-0.2, -0.15) is 0 Å². The molecule has 0 saturated heterocycles. The molecular weight excluding hydrogens is 1360 g/mol. The van der Waals surface area contributed by atoms with Gasteiger partial charge in [0.1, 0.15) is 0 Å². The molecule has 2 radical (unpaired) electrons. The van der Waals surface area contributed by atoms with Gasteiger partial charge in [0.2, 0.25) is 0 Å². The molecule has 0 saturated carbocycles. The fraction of sp³-hybridized carbons (Fsp3) is 0.267. The topological polar surface area (TPSA) is 51.6 Å². The van der Waals surface area contributed by atoms with Gasteiger partial charge in [-0.25, -0.2) is 0 Å². The first kappa shape index (κ1) is 60.6. The minimum absolute atomic E-state index is 0. The average Bonchev–Trinajstić information content (AvgIpc) is 3.32. The molecule has 0 atom stereocenters. The van der Waals surface area contributed by atoms with E-state index in [2.05, 4.69) is 187 Å². The Kier molecular flexibility index (Phi) is 24.2. The molecule has 4 aromatic heterocycles. The molecule has 0 fully saturated rings. The smallest absolute Gasteiger partial charge is 0 e. The molecule has 0 bridgehead atoms. The fourth-order valence-electron chi connectivity index (χ4n) is 7.13. The quantitative estimate of drug-likeness (QED) is 0.101. The zero-order valence-electron chi connectivity index (χ0n) is 43.8. The summed E-state index contributed by atoms with van der Waals surface area (Å²) in [4.78, 5) is 18.3. The summed E-state index contributed by atoms with van der Waals surface area (Å²) < 4.78 is 2.89. The Morgan fingerprint density at radius 3 is 1.06 bits per heavy atom. The van der Waals surface area contributed by atoms with Crippen LogP contribution < -0.4 is 19.2 Å². The summed E-state index contributed by atoms with van der Waals surface area (Å²) in [7, 11) is -2.57. The summed E-state index contributed by atoms with van der Waals surface area (Å²) in [5.74, 6) is 14.9. The van der Waals surface area contributed by atoms with Gasteiger partial charge in [-0.15, -0.1) is 71.8 Å². The minimum atomic E-state index is -1.72. The number of nitrogens with zero attached hydrogens (tertiary/aromatic N) is 4. The molecule has 4 nitrogen and oxygen atoms in total. The van der Waals surface area contributed by atoms with Gasteiger partial charge in [-0.1, -0.05) is 76.9 Å². The summed E-state index contributed by atoms with van der Waals surface area (Å²) in [5, 5.41) is 2.89. The van der Waals surface area contributed by atoms with E-state index in [-0.39, 0.29) is 40.2 Å². The molecule has 0 spiro atoms. The van der Waals surface area contributed by atoms with Crippen molar-refractivity contribution in [2.75, 3.05) is 0 Å². The van der Waals surface area contributed by atoms with Gasteiger partial charge in [0.15, 0.2) is 0 Å². The molecule has 70 heavy (non-hydrogen) atoms. The monoisotopic (exact) mass is 1440 g/mol. The van der Waals surface area contributed by atoms with Gasteiger partial charge in [-0.3, -0.25) is 0 Å². The fourth-order valence-corrected chi connectivity index (χ4v) is 14.1. The van der Waals surface area contributed by atoms with Crippen LogP contribution in [0.1, 0.15) is 19.4 Å². The van der Waals surface area contributed by atoms with Gasteiger partial charge in [0, 0.05) is 52.6 Å². The Bertz CT molecular complexity index is 2500. The Balaban J connectivity index is 0.000000246. The van der Waals surface area contributed by atoms with Crippen molar-refractivity contribution in [3.05, 3.63) is 194 Å². The van der Waals surface area contributed by atoms with Crippen LogP contribution in [0.2, 0.25) is 73.8 Å². The normalized spacial score (nSPS) is 11.2. The summed E-state index contributed by atoms with van der Waals surface area (Å²) in [5.41, 5.74) is 9.81. The molecule has 0 aliphatic heterocycles. The zero-order chi connectivity index (χ0) is 49.5. The van der Waals surface area contributed by atoms with Crippen LogP contribution in [0.25, 0.3) is 45.0 Å². The van der Waals surface area contributed by atoms with E-state index < -0.39 is 42.7 Å². The third-order valence-corrected chi connectivity index (χ3v) is 23.9. The van der Waals surface area contributed by atoms with Gasteiger partial charge in [0.25, 0.3) is 0 Å². The second kappa shape index (κ2) is 27.9. The van der Waals surface area contributed by atoms with Crippen LogP contribution in [0.15, 0.2) is 164 Å². The molecule has 4 aromatic carbocycles. The average molecular weight is 1440 g/mol. The molecular formula is C60H72Ge2Ir2N4Si2-4. The molecule has 0 unspecified atom stereocenters. The Hall–Kier alpha value is -3.70. The van der Waals surface area contributed by atoms with Gasteiger partial charge >= 0.3 is 200 Å². The van der Waals surface area contributed by atoms with Crippen molar-refractivity contribution in [2.24, 2.45) is 5.92 Å². The Labute approximate surface area is 456 Å². The van der Waals surface area contributed by atoms with Crippen molar-refractivity contribution in [3.63, 3.8) is 0 Å². The van der Waals surface area contributed by atoms with Crippen LogP contribution >= 0.6 is 0 Å². The molecule has 10 heteroatoms. The van der Waals surface area contributed by atoms with E-state index in [9.17, 15) is 0 Å². The zero-order valence-corrected chi connectivity index (χ0v) is 54.8. The summed E-state index contributed by atoms with van der Waals surface area (Å²) in [6.45, 7) is 18.7. The van der Waals surface area contributed by atoms with Gasteiger partial charge in [-0.05, 0) is 34.1 Å². The molecule has 0 N–H and O–H groups in total. The Morgan fingerprint density at radius 1 is 0.429 bits per heavy atom. The SMILES string of the molecule is CC(C)Cc1cc(-c2[c-]cccc2)ncc1[Si](C)(C)C.C[Si](C)(C)c1ccc(-c2[c-]cccc2)nc1.[CH3][Ge]([CH3])([CH3])[c]1ccc(-c2[c-]cccc2)nc1.[CH3][Ge]([CH3])([CH3])[c]1ccc(-c2[c-]cccc2)nc1.[Ir].[Ir]. The van der Waals surface area contributed by atoms with Crippen molar-refractivity contribution in [3.8, 4) is 45.0 Å². The van der Waals surface area contributed by atoms with E-state index in [1.54, 1.807) is 0 Å². The number of pyridine rings is 4. The van der Waals surface area contributed by atoms with E-state index >= 15 is 0 Å². The molecule has 4 heterocycles. The summed E-state index contributed by atoms with van der Waals surface area (Å²) in [6, 6.07) is 60.0. The number of hydrogen-bond donors (Lipinski definition) is 0. The third-order valence-electron chi connectivity index (χ3n) is 11.3. The molecule has 0 aliphatic carbocycles. The molecule has 8 aromatic rings. The van der Waals surface area contributed by atoms with Crippen LogP contribution in [0.4, 0.5) is 0 Å². The predicted octanol–water partition coefficient (Wildman–Crippen LogP) is 13.6. The first-order valence-corrected chi connectivity index (χ1v) is 45.6. The van der Waals surface area contributed by atoms with Crippen LogP contribution in [-0.2, 0) is 46.6 Å². The standard InChI is InChI=1S/C18H24NSi.2C14H16GeN.C14H16NSi.2Ir/c1-14(2)11-16-12-17(15-9-7-6-8-10-15)19-13-18(16)20(3,4)5;2*1-15(2,3)13-9-10-14(16-11-13)12-7-5-4-6-8-12;1-16(2,3)13-9-10-14(15-11-13)12-7-5-4-6-8-12;;/h6-9,12-14H,11H2,1-5H3;3*4-7,9-11H,1-3H3;;/q4*-1;;. The maximum Gasteiger partial charge on any atom is 0 e. The molecule has 370 valence electrons. The summed E-state index contributed by atoms with van der Waals surface area (Å²) in [6.07, 6.45) is 9.33. The summed E-state index contributed by atoms with van der Waals surface area (Å²) >= 11 is -3.43. The van der Waals surface area contributed by atoms with Crippen molar-refractivity contribution >= 4 is 61.8 Å². The molecule has 0 aliphatic rings. The van der Waals surface area contributed by atoms with Gasteiger partial charge in [0.05, 0.1) is 16.1 Å². The van der Waals surface area contributed by atoms with Crippen molar-refractivity contribution in [1.29, 1.82) is 0 Å². The van der Waals surface area contributed by atoms with Crippen molar-refractivity contribution in [2.45, 2.75) is 94.1 Å². The van der Waals surface area contributed by atoms with E-state index in [1.807, 2.05) is 110 Å².